The Bertz CT molecular complexity index is 439. The molecule has 0 aromatic carbocycles. The van der Waals surface area contributed by atoms with Gasteiger partial charge < -0.3 is 14.2 Å². The van der Waals surface area contributed by atoms with Crippen molar-refractivity contribution in [3.63, 3.8) is 0 Å². The Morgan fingerprint density at radius 2 is 1.88 bits per heavy atom. The van der Waals surface area contributed by atoms with E-state index < -0.39 is 0 Å². The first-order valence-electron chi connectivity index (χ1n) is 8.96. The molecule has 0 spiro atoms. The van der Waals surface area contributed by atoms with Crippen molar-refractivity contribution >= 4 is 11.9 Å². The predicted molar refractivity (Wildman–Crippen MR) is 92.5 cm³/mol. The first-order chi connectivity index (χ1) is 11.3. The highest BCUT2D eigenvalue weighted by molar-refractivity contribution is 5.73. The second-order valence-electron chi connectivity index (χ2n) is 7.04. The van der Waals surface area contributed by atoms with Crippen LogP contribution < -0.4 is 0 Å². The smallest absolute Gasteiger partial charge is 0.309 e. The fraction of sp³-hybridized carbons (Fsp3) is 0.789. The lowest BCUT2D eigenvalue weighted by Crippen LogP contribution is -2.26. The molecule has 1 aliphatic rings. The van der Waals surface area contributed by atoms with Gasteiger partial charge in [-0.15, -0.1) is 0 Å². The minimum atomic E-state index is -0.342. The van der Waals surface area contributed by atoms with Crippen molar-refractivity contribution in [1.29, 1.82) is 0 Å². The first-order valence-corrected chi connectivity index (χ1v) is 8.96. The summed E-state index contributed by atoms with van der Waals surface area (Å²) < 4.78 is 16.2. The highest BCUT2D eigenvalue weighted by atomic mass is 16.6. The molecule has 0 aromatic rings. The Morgan fingerprint density at radius 3 is 2.50 bits per heavy atom. The summed E-state index contributed by atoms with van der Waals surface area (Å²) in [6.45, 7) is 10.0. The van der Waals surface area contributed by atoms with Gasteiger partial charge in [-0.3, -0.25) is 9.59 Å². The summed E-state index contributed by atoms with van der Waals surface area (Å²) in [6.07, 6.45) is 5.43. The molecule has 0 heterocycles. The average Bonchev–Trinajstić information content (AvgIpc) is 2.46. The number of hydrogen-bond acceptors (Lipinski definition) is 5. The zero-order chi connectivity index (χ0) is 18.1. The molecule has 24 heavy (non-hydrogen) atoms. The molecule has 0 bridgehead atoms. The molecule has 0 radical (unpaired) electrons. The van der Waals surface area contributed by atoms with E-state index in [0.29, 0.717) is 5.92 Å². The van der Waals surface area contributed by atoms with Gasteiger partial charge in [-0.25, -0.2) is 0 Å². The highest BCUT2D eigenvalue weighted by Gasteiger charge is 2.21. The van der Waals surface area contributed by atoms with Crippen LogP contribution >= 0.6 is 0 Å². The number of ether oxygens (including phenoxy) is 3. The van der Waals surface area contributed by atoms with Crippen LogP contribution in [0.3, 0.4) is 0 Å². The quantitative estimate of drug-likeness (QED) is 0.472. The standard InChI is InChI=1S/C19H32O5/c1-13(2)15(5)24-17-8-6-7-16(11-17)12-19(21)22-10-9-18(20)23-14(3)4/h7,13-15,17H,6,8-12H2,1-5H3/t15-,17?/m0/s1. The number of hydrogen-bond donors (Lipinski definition) is 0. The zero-order valence-electron chi connectivity index (χ0n) is 15.7. The number of carbonyl (C=O) groups excluding carboxylic acids is 2. The number of allylic oxidation sites excluding steroid dienone is 1. The van der Waals surface area contributed by atoms with Gasteiger partial charge in [0.2, 0.25) is 0 Å². The van der Waals surface area contributed by atoms with E-state index in [0.717, 1.165) is 24.8 Å². The first kappa shape index (κ1) is 20.7. The van der Waals surface area contributed by atoms with Gasteiger partial charge in [-0.05, 0) is 46.0 Å². The Labute approximate surface area is 145 Å². The fourth-order valence-electron chi connectivity index (χ4n) is 2.48. The van der Waals surface area contributed by atoms with Crippen molar-refractivity contribution in [2.45, 2.75) is 85.0 Å². The van der Waals surface area contributed by atoms with Gasteiger partial charge in [0.05, 0.1) is 31.2 Å². The Kier molecular flexibility index (Phi) is 9.04. The summed E-state index contributed by atoms with van der Waals surface area (Å²) in [5.41, 5.74) is 1.07. The Hall–Kier alpha value is -1.36. The van der Waals surface area contributed by atoms with Crippen LogP contribution in [0.4, 0.5) is 0 Å². The summed E-state index contributed by atoms with van der Waals surface area (Å²) in [5.74, 6) is -0.156. The molecule has 5 nitrogen and oxygen atoms in total. The summed E-state index contributed by atoms with van der Waals surface area (Å²) in [7, 11) is 0. The maximum absolute atomic E-state index is 11.9. The van der Waals surface area contributed by atoms with Crippen LogP contribution in [0.1, 0.15) is 66.7 Å². The third-order valence-corrected chi connectivity index (χ3v) is 4.07. The van der Waals surface area contributed by atoms with E-state index >= 15 is 0 Å². The van der Waals surface area contributed by atoms with Crippen LogP contribution in [0, 0.1) is 5.92 Å². The van der Waals surface area contributed by atoms with Crippen molar-refractivity contribution in [3.8, 4) is 0 Å². The molecule has 1 rings (SSSR count). The molecule has 0 saturated carbocycles. The van der Waals surface area contributed by atoms with Gasteiger partial charge in [0.15, 0.2) is 0 Å². The lowest BCUT2D eigenvalue weighted by molar-refractivity contribution is -0.151. The van der Waals surface area contributed by atoms with Gasteiger partial charge in [-0.1, -0.05) is 25.5 Å². The summed E-state index contributed by atoms with van der Waals surface area (Å²) >= 11 is 0. The minimum absolute atomic E-state index is 0.0714. The van der Waals surface area contributed by atoms with Crippen molar-refractivity contribution in [2.24, 2.45) is 5.92 Å². The van der Waals surface area contributed by atoms with Crippen LogP contribution in [-0.2, 0) is 23.8 Å². The molecule has 0 N–H and O–H groups in total. The van der Waals surface area contributed by atoms with E-state index in [1.807, 2.05) is 0 Å². The summed E-state index contributed by atoms with van der Waals surface area (Å²) in [5, 5.41) is 0. The van der Waals surface area contributed by atoms with Crippen molar-refractivity contribution in [3.05, 3.63) is 11.6 Å². The molecule has 0 fully saturated rings. The maximum atomic E-state index is 11.9. The van der Waals surface area contributed by atoms with Crippen LogP contribution in [0.2, 0.25) is 0 Å². The molecule has 0 amide bonds. The van der Waals surface area contributed by atoms with Crippen LogP contribution in [0.25, 0.3) is 0 Å². The fourth-order valence-corrected chi connectivity index (χ4v) is 2.48. The molecule has 0 saturated heterocycles. The Morgan fingerprint density at radius 1 is 1.17 bits per heavy atom. The number of esters is 2. The van der Waals surface area contributed by atoms with Gasteiger partial charge >= 0.3 is 11.9 Å². The van der Waals surface area contributed by atoms with E-state index in [9.17, 15) is 9.59 Å². The number of carbonyl (C=O) groups is 2. The van der Waals surface area contributed by atoms with E-state index in [1.54, 1.807) is 13.8 Å². The second-order valence-corrected chi connectivity index (χ2v) is 7.04. The summed E-state index contributed by atoms with van der Waals surface area (Å²) in [4.78, 5) is 23.3. The lowest BCUT2D eigenvalue weighted by atomic mass is 9.94. The molecule has 0 aromatic heterocycles. The molecule has 138 valence electrons. The topological polar surface area (TPSA) is 61.8 Å². The monoisotopic (exact) mass is 340 g/mol. The summed E-state index contributed by atoms with van der Waals surface area (Å²) in [6, 6.07) is 0. The van der Waals surface area contributed by atoms with E-state index in [1.165, 1.54) is 0 Å². The third kappa shape index (κ3) is 8.48. The second kappa shape index (κ2) is 10.5. The van der Waals surface area contributed by atoms with Gasteiger partial charge in [0.1, 0.15) is 6.61 Å². The van der Waals surface area contributed by atoms with E-state index in [-0.39, 0.29) is 49.7 Å². The van der Waals surface area contributed by atoms with Gasteiger partial charge in [0, 0.05) is 0 Å². The van der Waals surface area contributed by atoms with E-state index in [4.69, 9.17) is 14.2 Å². The largest absolute Gasteiger partial charge is 0.465 e. The SMILES string of the molecule is CC(C)OC(=O)CCOC(=O)CC1=CCCC(O[C@@H](C)C(C)C)C1. The van der Waals surface area contributed by atoms with Crippen molar-refractivity contribution < 1.29 is 23.8 Å². The molecular formula is C19H32O5. The zero-order valence-corrected chi connectivity index (χ0v) is 15.7. The Balaban J connectivity index is 2.29. The molecule has 1 aliphatic carbocycles. The average molecular weight is 340 g/mol. The molecule has 5 heteroatoms. The van der Waals surface area contributed by atoms with Crippen molar-refractivity contribution in [1.82, 2.24) is 0 Å². The highest BCUT2D eigenvalue weighted by Crippen LogP contribution is 2.25. The minimum Gasteiger partial charge on any atom is -0.465 e. The van der Waals surface area contributed by atoms with Crippen LogP contribution in [0.5, 0.6) is 0 Å². The van der Waals surface area contributed by atoms with Crippen LogP contribution in [0.15, 0.2) is 11.6 Å². The van der Waals surface area contributed by atoms with Crippen molar-refractivity contribution in [2.75, 3.05) is 6.61 Å². The molecule has 1 unspecified atom stereocenters. The molecule has 2 atom stereocenters. The van der Waals surface area contributed by atoms with Crippen LogP contribution in [-0.4, -0.2) is 36.9 Å². The third-order valence-electron chi connectivity index (χ3n) is 4.07. The van der Waals surface area contributed by atoms with Gasteiger partial charge in [-0.2, -0.15) is 0 Å². The van der Waals surface area contributed by atoms with E-state index in [2.05, 4.69) is 26.8 Å². The maximum Gasteiger partial charge on any atom is 0.309 e. The molecule has 0 aliphatic heterocycles. The normalized spacial score (nSPS) is 19.1. The molecular weight excluding hydrogens is 308 g/mol. The van der Waals surface area contributed by atoms with Gasteiger partial charge in [0.25, 0.3) is 0 Å². The number of rotatable bonds is 9. The predicted octanol–water partition coefficient (Wildman–Crippen LogP) is 3.80. The lowest BCUT2D eigenvalue weighted by Gasteiger charge is -2.28.